The van der Waals surface area contributed by atoms with Crippen molar-refractivity contribution in [2.24, 2.45) is 0 Å². The van der Waals surface area contributed by atoms with Crippen LogP contribution in [0, 0.1) is 6.92 Å². The molecule has 0 N–H and O–H groups in total. The second kappa shape index (κ2) is 8.10. The van der Waals surface area contributed by atoms with Gasteiger partial charge in [0.1, 0.15) is 9.96 Å². The van der Waals surface area contributed by atoms with E-state index in [-0.39, 0.29) is 0 Å². The maximum absolute atomic E-state index is 12.8. The van der Waals surface area contributed by atoms with Gasteiger partial charge in [-0.05, 0) is 43.3 Å². The van der Waals surface area contributed by atoms with E-state index in [1.54, 1.807) is 17.5 Å². The predicted octanol–water partition coefficient (Wildman–Crippen LogP) is 3.03. The molecule has 0 radical (unpaired) electrons. The van der Waals surface area contributed by atoms with Crippen LogP contribution in [0.1, 0.15) is 4.88 Å². The molecule has 3 heterocycles. The van der Waals surface area contributed by atoms with Crippen LogP contribution in [0.15, 0.2) is 52.7 Å². The molecule has 0 aliphatic carbocycles. The van der Waals surface area contributed by atoms with Crippen LogP contribution >= 0.6 is 11.3 Å². The summed E-state index contributed by atoms with van der Waals surface area (Å²) in [6, 6.07) is 15.1. The second-order valence-electron chi connectivity index (χ2n) is 6.76. The van der Waals surface area contributed by atoms with E-state index in [1.807, 2.05) is 49.4 Å². The van der Waals surface area contributed by atoms with E-state index in [2.05, 4.69) is 15.1 Å². The van der Waals surface area contributed by atoms with Crippen LogP contribution in [0.5, 0.6) is 5.75 Å². The van der Waals surface area contributed by atoms with E-state index in [9.17, 15) is 8.42 Å². The molecule has 1 fully saturated rings. The summed E-state index contributed by atoms with van der Waals surface area (Å²) in [7, 11) is -1.79. The number of nitrogens with zero attached hydrogens (tertiary/aromatic N) is 4. The maximum atomic E-state index is 12.8. The van der Waals surface area contributed by atoms with Gasteiger partial charge in [0.15, 0.2) is 5.82 Å². The fourth-order valence-corrected chi connectivity index (χ4v) is 6.13. The fourth-order valence-electron chi connectivity index (χ4n) is 3.27. The molecule has 7 nitrogen and oxygen atoms in total. The number of piperazine rings is 1. The topological polar surface area (TPSA) is 75.6 Å². The van der Waals surface area contributed by atoms with E-state index >= 15 is 0 Å². The number of benzene rings is 1. The van der Waals surface area contributed by atoms with Gasteiger partial charge in [0, 0.05) is 36.6 Å². The highest BCUT2D eigenvalue weighted by Gasteiger charge is 2.30. The van der Waals surface area contributed by atoms with Crippen LogP contribution < -0.4 is 9.64 Å². The summed E-state index contributed by atoms with van der Waals surface area (Å²) in [5.41, 5.74) is 1.70. The van der Waals surface area contributed by atoms with Crippen LogP contribution in [0.4, 0.5) is 5.82 Å². The average molecular weight is 431 g/mol. The van der Waals surface area contributed by atoms with Crippen molar-refractivity contribution in [2.75, 3.05) is 38.2 Å². The number of ether oxygens (including phenoxy) is 1. The van der Waals surface area contributed by atoms with Gasteiger partial charge in [-0.25, -0.2) is 8.42 Å². The number of anilines is 1. The molecule has 0 amide bonds. The van der Waals surface area contributed by atoms with E-state index in [0.29, 0.717) is 30.4 Å². The first-order chi connectivity index (χ1) is 14.0. The minimum Gasteiger partial charge on any atom is -0.497 e. The van der Waals surface area contributed by atoms with Gasteiger partial charge in [0.2, 0.25) is 0 Å². The zero-order valence-electron chi connectivity index (χ0n) is 16.3. The van der Waals surface area contributed by atoms with Gasteiger partial charge >= 0.3 is 0 Å². The number of hydrogen-bond acceptors (Lipinski definition) is 7. The molecule has 3 aromatic rings. The number of aryl methyl sites for hydroxylation is 1. The SMILES string of the molecule is COc1cccc(-c2ccc(N3CCN(S(=O)(=O)c4ccc(C)s4)CC3)nn2)c1. The van der Waals surface area contributed by atoms with Crippen molar-refractivity contribution in [2.45, 2.75) is 11.1 Å². The summed E-state index contributed by atoms with van der Waals surface area (Å²) >= 11 is 1.31. The van der Waals surface area contributed by atoms with Gasteiger partial charge in [-0.3, -0.25) is 0 Å². The van der Waals surface area contributed by atoms with Crippen molar-refractivity contribution in [3.63, 3.8) is 0 Å². The van der Waals surface area contributed by atoms with Gasteiger partial charge in [-0.1, -0.05) is 12.1 Å². The molecule has 0 atom stereocenters. The molecule has 152 valence electrons. The Morgan fingerprint density at radius 3 is 2.41 bits per heavy atom. The van der Waals surface area contributed by atoms with Crippen molar-refractivity contribution in [3.05, 3.63) is 53.4 Å². The Morgan fingerprint density at radius 2 is 1.79 bits per heavy atom. The predicted molar refractivity (Wildman–Crippen MR) is 114 cm³/mol. The summed E-state index contributed by atoms with van der Waals surface area (Å²) in [4.78, 5) is 3.06. The standard InChI is InChI=1S/C20H22N4O3S2/c1-15-6-9-20(28-15)29(25,26)24-12-10-23(11-13-24)19-8-7-18(21-22-19)16-4-3-5-17(14-16)27-2/h3-9,14H,10-13H2,1-2H3. The molecule has 29 heavy (non-hydrogen) atoms. The van der Waals surface area contributed by atoms with E-state index in [0.717, 1.165) is 27.7 Å². The van der Waals surface area contributed by atoms with Crippen molar-refractivity contribution < 1.29 is 13.2 Å². The minimum atomic E-state index is -3.42. The molecule has 1 aromatic carbocycles. The Morgan fingerprint density at radius 1 is 1.00 bits per heavy atom. The van der Waals surface area contributed by atoms with Crippen LogP contribution in [0.25, 0.3) is 11.3 Å². The van der Waals surface area contributed by atoms with Crippen LogP contribution in [-0.2, 0) is 10.0 Å². The number of thiophene rings is 1. The minimum absolute atomic E-state index is 0.408. The number of rotatable bonds is 5. The van der Waals surface area contributed by atoms with Gasteiger partial charge < -0.3 is 9.64 Å². The molecule has 0 bridgehead atoms. The number of hydrogen-bond donors (Lipinski definition) is 0. The van der Waals surface area contributed by atoms with Gasteiger partial charge in [-0.15, -0.1) is 21.5 Å². The first-order valence-corrected chi connectivity index (χ1v) is 11.5. The molecule has 0 saturated carbocycles. The molecule has 9 heteroatoms. The molecule has 4 rings (SSSR count). The Labute approximate surface area is 174 Å². The highest BCUT2D eigenvalue weighted by molar-refractivity contribution is 7.91. The van der Waals surface area contributed by atoms with Crippen molar-refractivity contribution in [1.29, 1.82) is 0 Å². The molecule has 1 aliphatic heterocycles. The van der Waals surface area contributed by atoms with Crippen molar-refractivity contribution >= 4 is 27.2 Å². The summed E-state index contributed by atoms with van der Waals surface area (Å²) in [5, 5.41) is 8.69. The number of aromatic nitrogens is 2. The summed E-state index contributed by atoms with van der Waals surface area (Å²) in [6.45, 7) is 3.93. The first kappa shape index (κ1) is 19.8. The quantitative estimate of drug-likeness (QED) is 0.619. The third kappa shape index (κ3) is 4.12. The third-order valence-electron chi connectivity index (χ3n) is 4.89. The van der Waals surface area contributed by atoms with Gasteiger partial charge in [0.05, 0.1) is 12.8 Å². The second-order valence-corrected chi connectivity index (χ2v) is 10.2. The summed E-state index contributed by atoms with van der Waals surface area (Å²) in [5.74, 6) is 1.52. The van der Waals surface area contributed by atoms with Crippen LogP contribution in [0.2, 0.25) is 0 Å². The van der Waals surface area contributed by atoms with Crippen molar-refractivity contribution in [3.8, 4) is 17.0 Å². The Hall–Kier alpha value is -2.49. The smallest absolute Gasteiger partial charge is 0.252 e. The number of sulfonamides is 1. The molecule has 0 unspecified atom stereocenters. The lowest BCUT2D eigenvalue weighted by molar-refractivity contribution is 0.384. The van der Waals surface area contributed by atoms with Gasteiger partial charge in [0.25, 0.3) is 10.0 Å². The Balaban J connectivity index is 1.43. The zero-order chi connectivity index (χ0) is 20.4. The van der Waals surface area contributed by atoms with E-state index in [1.165, 1.54) is 11.3 Å². The zero-order valence-corrected chi connectivity index (χ0v) is 17.9. The number of methoxy groups -OCH3 is 1. The lowest BCUT2D eigenvalue weighted by Gasteiger charge is -2.34. The van der Waals surface area contributed by atoms with Crippen molar-refractivity contribution in [1.82, 2.24) is 14.5 Å². The summed E-state index contributed by atoms with van der Waals surface area (Å²) in [6.07, 6.45) is 0. The highest BCUT2D eigenvalue weighted by atomic mass is 32.2. The Bertz CT molecular complexity index is 1090. The molecule has 0 spiro atoms. The summed E-state index contributed by atoms with van der Waals surface area (Å²) < 4.78 is 32.8. The lowest BCUT2D eigenvalue weighted by Crippen LogP contribution is -2.48. The van der Waals surface area contributed by atoms with Crippen LogP contribution in [-0.4, -0.2) is 56.2 Å². The third-order valence-corrected chi connectivity index (χ3v) is 8.26. The molecular weight excluding hydrogens is 408 g/mol. The fraction of sp³-hybridized carbons (Fsp3) is 0.300. The highest BCUT2D eigenvalue weighted by Crippen LogP contribution is 2.26. The molecule has 1 aliphatic rings. The van der Waals surface area contributed by atoms with Gasteiger partial charge in [-0.2, -0.15) is 4.31 Å². The average Bonchev–Trinajstić information content (AvgIpc) is 3.21. The molecular formula is C20H22N4O3S2. The monoisotopic (exact) mass is 430 g/mol. The maximum Gasteiger partial charge on any atom is 0.252 e. The van der Waals surface area contributed by atoms with Crippen LogP contribution in [0.3, 0.4) is 0 Å². The Kier molecular flexibility index (Phi) is 5.53. The van der Waals surface area contributed by atoms with E-state index < -0.39 is 10.0 Å². The first-order valence-electron chi connectivity index (χ1n) is 9.27. The normalized spacial score (nSPS) is 15.4. The van der Waals surface area contributed by atoms with E-state index in [4.69, 9.17) is 4.74 Å². The molecule has 2 aromatic heterocycles. The largest absolute Gasteiger partial charge is 0.497 e. The molecule has 1 saturated heterocycles. The lowest BCUT2D eigenvalue weighted by atomic mass is 10.1.